The number of hydrogen-bond donors (Lipinski definition) is 1. The van der Waals surface area contributed by atoms with E-state index in [4.69, 9.17) is 10.2 Å². The zero-order chi connectivity index (χ0) is 16.1. The summed E-state index contributed by atoms with van der Waals surface area (Å²) in [6.45, 7) is 7.05. The molecule has 1 saturated carbocycles. The predicted octanol–water partition coefficient (Wildman–Crippen LogP) is 2.58. The zero-order valence-electron chi connectivity index (χ0n) is 13.8. The lowest BCUT2D eigenvalue weighted by molar-refractivity contribution is 0.141. The van der Waals surface area contributed by atoms with Gasteiger partial charge in [0.25, 0.3) is 0 Å². The smallest absolute Gasteiger partial charge is 0.336 e. The fourth-order valence-electron chi connectivity index (χ4n) is 4.35. The van der Waals surface area contributed by atoms with Crippen LogP contribution in [0, 0.1) is 25.7 Å². The van der Waals surface area contributed by atoms with E-state index in [9.17, 15) is 4.79 Å². The molecule has 122 valence electrons. The Kier molecular flexibility index (Phi) is 3.54. The molecule has 1 unspecified atom stereocenters. The number of aryl methyl sites for hydroxylation is 2. The maximum Gasteiger partial charge on any atom is 0.336 e. The van der Waals surface area contributed by atoms with Crippen molar-refractivity contribution in [2.45, 2.75) is 39.3 Å². The SMILES string of the molecule is Cc1cc2oc(=O)cc(CN3C[C@H]4CC[C@@H](C3)C4N)c2cc1C. The monoisotopic (exact) mass is 312 g/mol. The first-order valence-electron chi connectivity index (χ1n) is 8.53. The molecule has 2 heterocycles. The van der Waals surface area contributed by atoms with Gasteiger partial charge >= 0.3 is 5.63 Å². The Labute approximate surface area is 136 Å². The molecule has 2 fully saturated rings. The maximum atomic E-state index is 11.9. The summed E-state index contributed by atoms with van der Waals surface area (Å²) in [5, 5.41) is 1.06. The molecule has 23 heavy (non-hydrogen) atoms. The quantitative estimate of drug-likeness (QED) is 0.866. The molecule has 2 bridgehead atoms. The van der Waals surface area contributed by atoms with Gasteiger partial charge in [0, 0.05) is 37.1 Å². The van der Waals surface area contributed by atoms with Crippen LogP contribution in [0.5, 0.6) is 0 Å². The summed E-state index contributed by atoms with van der Waals surface area (Å²) in [6.07, 6.45) is 2.50. The van der Waals surface area contributed by atoms with Crippen molar-refractivity contribution in [2.24, 2.45) is 17.6 Å². The molecule has 0 radical (unpaired) electrons. The maximum absolute atomic E-state index is 11.9. The Morgan fingerprint density at radius 2 is 1.78 bits per heavy atom. The highest BCUT2D eigenvalue weighted by molar-refractivity contribution is 5.81. The average molecular weight is 312 g/mol. The number of likely N-dealkylation sites (tertiary alicyclic amines) is 1. The number of benzene rings is 1. The molecule has 4 nitrogen and oxygen atoms in total. The second-order valence-electron chi connectivity index (χ2n) is 7.39. The van der Waals surface area contributed by atoms with Crippen molar-refractivity contribution in [3.05, 3.63) is 45.3 Å². The Hall–Kier alpha value is -1.65. The van der Waals surface area contributed by atoms with Crippen molar-refractivity contribution in [3.8, 4) is 0 Å². The van der Waals surface area contributed by atoms with Gasteiger partial charge in [-0.1, -0.05) is 0 Å². The zero-order valence-corrected chi connectivity index (χ0v) is 13.8. The minimum Gasteiger partial charge on any atom is -0.423 e. The van der Waals surface area contributed by atoms with Gasteiger partial charge in [0.1, 0.15) is 5.58 Å². The molecule has 1 aromatic heterocycles. The molecule has 1 aliphatic heterocycles. The van der Waals surface area contributed by atoms with Gasteiger partial charge in [-0.25, -0.2) is 4.79 Å². The Balaban J connectivity index is 1.69. The van der Waals surface area contributed by atoms with Gasteiger partial charge in [-0.15, -0.1) is 0 Å². The number of hydrogen-bond acceptors (Lipinski definition) is 4. The van der Waals surface area contributed by atoms with Crippen LogP contribution in [0.4, 0.5) is 0 Å². The molecular formula is C19H24N2O2. The lowest BCUT2D eigenvalue weighted by Gasteiger charge is -2.36. The van der Waals surface area contributed by atoms with E-state index >= 15 is 0 Å². The summed E-state index contributed by atoms with van der Waals surface area (Å²) >= 11 is 0. The van der Waals surface area contributed by atoms with Crippen LogP contribution in [0.2, 0.25) is 0 Å². The standard InChI is InChI=1S/C19H24N2O2/c1-11-5-16-15(7-18(22)23-17(16)6-12(11)2)10-21-8-13-3-4-14(9-21)19(13)20/h5-7,13-14,19H,3-4,8-10,20H2,1-2H3/t13-,14+,19?. The molecule has 2 N–H and O–H groups in total. The third-order valence-electron chi connectivity index (χ3n) is 5.82. The molecule has 4 rings (SSSR count). The van der Waals surface area contributed by atoms with Crippen molar-refractivity contribution < 1.29 is 4.42 Å². The Morgan fingerprint density at radius 1 is 1.13 bits per heavy atom. The van der Waals surface area contributed by atoms with E-state index in [-0.39, 0.29) is 5.63 Å². The topological polar surface area (TPSA) is 59.5 Å². The van der Waals surface area contributed by atoms with E-state index in [2.05, 4.69) is 17.9 Å². The van der Waals surface area contributed by atoms with Crippen LogP contribution in [0.3, 0.4) is 0 Å². The van der Waals surface area contributed by atoms with Crippen LogP contribution < -0.4 is 11.4 Å². The highest BCUT2D eigenvalue weighted by atomic mass is 16.4. The number of nitrogens with two attached hydrogens (primary N) is 1. The van der Waals surface area contributed by atoms with Crippen molar-refractivity contribution in [3.63, 3.8) is 0 Å². The van der Waals surface area contributed by atoms with E-state index < -0.39 is 0 Å². The van der Waals surface area contributed by atoms with Gasteiger partial charge in [-0.3, -0.25) is 4.90 Å². The van der Waals surface area contributed by atoms with Gasteiger partial charge in [-0.2, -0.15) is 0 Å². The third-order valence-corrected chi connectivity index (χ3v) is 5.82. The largest absolute Gasteiger partial charge is 0.423 e. The van der Waals surface area contributed by atoms with Crippen LogP contribution in [0.1, 0.15) is 29.5 Å². The first-order chi connectivity index (χ1) is 11.0. The highest BCUT2D eigenvalue weighted by Crippen LogP contribution is 2.36. The molecule has 4 heteroatoms. The van der Waals surface area contributed by atoms with Gasteiger partial charge < -0.3 is 10.2 Å². The van der Waals surface area contributed by atoms with E-state index in [0.717, 1.165) is 36.1 Å². The fraction of sp³-hybridized carbons (Fsp3) is 0.526. The molecule has 1 aliphatic carbocycles. The summed E-state index contributed by atoms with van der Waals surface area (Å²) in [5.41, 5.74) is 10.2. The van der Waals surface area contributed by atoms with E-state index in [1.165, 1.54) is 18.4 Å². The molecule has 0 amide bonds. The molecule has 3 atom stereocenters. The Morgan fingerprint density at radius 3 is 2.48 bits per heavy atom. The summed E-state index contributed by atoms with van der Waals surface area (Å²) in [7, 11) is 0. The van der Waals surface area contributed by atoms with Gasteiger partial charge in [-0.05, 0) is 67.3 Å². The van der Waals surface area contributed by atoms with Crippen LogP contribution in [0.15, 0.2) is 27.4 Å². The predicted molar refractivity (Wildman–Crippen MR) is 91.4 cm³/mol. The minimum absolute atomic E-state index is 0.257. The van der Waals surface area contributed by atoms with E-state index in [1.54, 1.807) is 6.07 Å². The van der Waals surface area contributed by atoms with Crippen molar-refractivity contribution in [1.82, 2.24) is 4.90 Å². The summed E-state index contributed by atoms with van der Waals surface area (Å²) in [4.78, 5) is 14.4. The summed E-state index contributed by atoms with van der Waals surface area (Å²) in [5.74, 6) is 1.23. The first kappa shape index (κ1) is 14.9. The molecule has 1 aromatic carbocycles. The second-order valence-corrected chi connectivity index (χ2v) is 7.39. The van der Waals surface area contributed by atoms with Crippen LogP contribution in [-0.4, -0.2) is 24.0 Å². The van der Waals surface area contributed by atoms with Crippen LogP contribution in [-0.2, 0) is 6.54 Å². The highest BCUT2D eigenvalue weighted by Gasteiger charge is 2.39. The first-order valence-corrected chi connectivity index (χ1v) is 8.53. The fourth-order valence-corrected chi connectivity index (χ4v) is 4.35. The number of nitrogens with zero attached hydrogens (tertiary/aromatic N) is 1. The number of rotatable bonds is 2. The van der Waals surface area contributed by atoms with Crippen molar-refractivity contribution >= 4 is 11.0 Å². The van der Waals surface area contributed by atoms with Crippen LogP contribution in [0.25, 0.3) is 11.0 Å². The van der Waals surface area contributed by atoms with E-state index in [1.807, 2.05) is 13.0 Å². The Bertz CT molecular complexity index is 797. The molecule has 1 saturated heterocycles. The second kappa shape index (κ2) is 5.46. The van der Waals surface area contributed by atoms with Gasteiger partial charge in [0.05, 0.1) is 0 Å². The lowest BCUT2D eigenvalue weighted by Crippen LogP contribution is -2.48. The van der Waals surface area contributed by atoms with Gasteiger partial charge in [0.15, 0.2) is 0 Å². The van der Waals surface area contributed by atoms with Crippen molar-refractivity contribution in [1.29, 1.82) is 0 Å². The molecule has 2 aromatic rings. The molecule has 2 aliphatic rings. The number of fused-ring (bicyclic) bond motifs is 3. The minimum atomic E-state index is -0.257. The normalized spacial score (nSPS) is 27.7. The third kappa shape index (κ3) is 2.60. The molecule has 0 spiro atoms. The number of piperidine rings is 1. The van der Waals surface area contributed by atoms with Crippen molar-refractivity contribution in [2.75, 3.05) is 13.1 Å². The summed E-state index contributed by atoms with van der Waals surface area (Å²) in [6, 6.07) is 6.15. The van der Waals surface area contributed by atoms with Crippen LogP contribution >= 0.6 is 0 Å². The average Bonchev–Trinajstić information content (AvgIpc) is 2.71. The summed E-state index contributed by atoms with van der Waals surface area (Å²) < 4.78 is 5.40. The lowest BCUT2D eigenvalue weighted by atomic mass is 9.92. The molecular weight excluding hydrogens is 288 g/mol. The van der Waals surface area contributed by atoms with E-state index in [0.29, 0.717) is 23.5 Å². The van der Waals surface area contributed by atoms with Gasteiger partial charge in [0.2, 0.25) is 0 Å².